The summed E-state index contributed by atoms with van der Waals surface area (Å²) in [5.74, 6) is -0.714. The molecule has 1 aromatic carbocycles. The third kappa shape index (κ3) is 4.93. The van der Waals surface area contributed by atoms with Crippen molar-refractivity contribution < 1.29 is 14.4 Å². The van der Waals surface area contributed by atoms with E-state index in [1.54, 1.807) is 0 Å². The van der Waals surface area contributed by atoms with Crippen LogP contribution in [-0.2, 0) is 14.4 Å². The van der Waals surface area contributed by atoms with E-state index in [1.807, 2.05) is 25.1 Å². The number of thiazole rings is 1. The molecule has 5 N–H and O–H groups in total. The lowest BCUT2D eigenvalue weighted by Crippen LogP contribution is -2.55. The highest BCUT2D eigenvalue weighted by atomic mass is 32.2. The fourth-order valence-corrected chi connectivity index (χ4v) is 4.48. The molecule has 8 nitrogen and oxygen atoms in total. The van der Waals surface area contributed by atoms with Crippen LogP contribution in [-0.4, -0.2) is 40.0 Å². The second kappa shape index (κ2) is 8.02. The van der Waals surface area contributed by atoms with Crippen molar-refractivity contribution in [3.63, 3.8) is 0 Å². The summed E-state index contributed by atoms with van der Waals surface area (Å²) in [6.45, 7) is 2.00. The second-order valence-corrected chi connectivity index (χ2v) is 8.16. The summed E-state index contributed by atoms with van der Waals surface area (Å²) in [6, 6.07) is 5.61. The summed E-state index contributed by atoms with van der Waals surface area (Å²) in [6.07, 6.45) is 0.277. The Morgan fingerprint density at radius 2 is 2.27 bits per heavy atom. The summed E-state index contributed by atoms with van der Waals surface area (Å²) in [4.78, 5) is 39.3. The molecule has 2 aromatic rings. The van der Waals surface area contributed by atoms with E-state index in [1.165, 1.54) is 23.1 Å². The molecular formula is C16H19N5O3S2. The van der Waals surface area contributed by atoms with Gasteiger partial charge in [-0.25, -0.2) is 4.98 Å². The second-order valence-electron chi connectivity index (χ2n) is 6.04. The Hall–Kier alpha value is -2.17. The highest BCUT2D eigenvalue weighted by molar-refractivity contribution is 8.00. The van der Waals surface area contributed by atoms with Crippen LogP contribution in [0.3, 0.4) is 0 Å². The molecule has 2 unspecified atom stereocenters. The average molecular weight is 393 g/mol. The third-order valence-electron chi connectivity index (χ3n) is 3.73. The highest BCUT2D eigenvalue weighted by Gasteiger charge is 2.27. The van der Waals surface area contributed by atoms with Gasteiger partial charge >= 0.3 is 0 Å². The maximum atomic E-state index is 12.2. The van der Waals surface area contributed by atoms with Gasteiger partial charge in [-0.2, -0.15) is 0 Å². The minimum absolute atomic E-state index is 0.0851. The van der Waals surface area contributed by atoms with Gasteiger partial charge in [0.2, 0.25) is 17.7 Å². The van der Waals surface area contributed by atoms with Crippen molar-refractivity contribution in [1.29, 1.82) is 0 Å². The highest BCUT2D eigenvalue weighted by Crippen LogP contribution is 2.26. The number of benzene rings is 1. The molecule has 1 fully saturated rings. The van der Waals surface area contributed by atoms with E-state index in [-0.39, 0.29) is 36.5 Å². The van der Waals surface area contributed by atoms with Gasteiger partial charge in [-0.05, 0) is 24.6 Å². The molecule has 3 rings (SSSR count). The summed E-state index contributed by atoms with van der Waals surface area (Å²) >= 11 is 2.66. The van der Waals surface area contributed by atoms with Gasteiger partial charge in [0, 0.05) is 18.9 Å². The first-order valence-corrected chi connectivity index (χ1v) is 9.88. The molecule has 3 amide bonds. The van der Waals surface area contributed by atoms with Crippen LogP contribution in [0.4, 0.5) is 5.13 Å². The van der Waals surface area contributed by atoms with Gasteiger partial charge in [0.1, 0.15) is 5.50 Å². The number of carbonyl (C=O) groups is 3. The van der Waals surface area contributed by atoms with Gasteiger partial charge in [0.15, 0.2) is 5.13 Å². The van der Waals surface area contributed by atoms with Crippen molar-refractivity contribution in [1.82, 2.24) is 15.6 Å². The molecule has 0 saturated carbocycles. The maximum absolute atomic E-state index is 12.2. The smallest absolute Gasteiger partial charge is 0.236 e. The largest absolute Gasteiger partial charge is 0.370 e. The summed E-state index contributed by atoms with van der Waals surface area (Å²) in [7, 11) is 0. The fourth-order valence-electron chi connectivity index (χ4n) is 2.61. The van der Waals surface area contributed by atoms with E-state index in [0.29, 0.717) is 5.13 Å². The Morgan fingerprint density at radius 1 is 1.46 bits per heavy atom. The number of thioether (sulfide) groups is 1. The first-order chi connectivity index (χ1) is 12.4. The van der Waals surface area contributed by atoms with Gasteiger partial charge < -0.3 is 16.4 Å². The van der Waals surface area contributed by atoms with Gasteiger partial charge in [-0.1, -0.05) is 17.4 Å². The predicted molar refractivity (Wildman–Crippen MR) is 103 cm³/mol. The van der Waals surface area contributed by atoms with E-state index in [2.05, 4.69) is 20.9 Å². The molecule has 0 aliphatic carbocycles. The number of anilines is 1. The minimum Gasteiger partial charge on any atom is -0.370 e. The van der Waals surface area contributed by atoms with E-state index in [0.717, 1.165) is 15.8 Å². The summed E-state index contributed by atoms with van der Waals surface area (Å²) in [5.41, 5.74) is 6.72. The number of aryl methyl sites for hydroxylation is 1. The zero-order valence-electron chi connectivity index (χ0n) is 14.1. The van der Waals surface area contributed by atoms with Crippen molar-refractivity contribution in [2.75, 3.05) is 11.1 Å². The number of nitrogens with one attached hydrogen (secondary N) is 3. The number of amides is 3. The zero-order chi connectivity index (χ0) is 18.7. The van der Waals surface area contributed by atoms with Crippen LogP contribution in [0, 0.1) is 6.92 Å². The molecule has 10 heteroatoms. The van der Waals surface area contributed by atoms with E-state index in [4.69, 9.17) is 5.73 Å². The normalized spacial score (nSPS) is 20.0. The Morgan fingerprint density at radius 3 is 3.04 bits per heavy atom. The number of primary amides is 1. The number of hydrogen-bond acceptors (Lipinski definition) is 7. The number of nitrogens with zero attached hydrogens (tertiary/aromatic N) is 1. The monoisotopic (exact) mass is 393 g/mol. The van der Waals surface area contributed by atoms with Crippen molar-refractivity contribution in [2.24, 2.45) is 5.73 Å². The zero-order valence-corrected chi connectivity index (χ0v) is 15.7. The fraction of sp³-hybridized carbons (Fsp3) is 0.375. The topological polar surface area (TPSA) is 126 Å². The number of rotatable bonds is 6. The van der Waals surface area contributed by atoms with Crippen molar-refractivity contribution in [2.45, 2.75) is 31.3 Å². The van der Waals surface area contributed by atoms with Gasteiger partial charge in [-0.3, -0.25) is 19.7 Å². The summed E-state index contributed by atoms with van der Waals surface area (Å²) in [5, 5.41) is 9.16. The molecular weight excluding hydrogens is 374 g/mol. The Labute approximate surface area is 158 Å². The molecule has 0 radical (unpaired) electrons. The predicted octanol–water partition coefficient (Wildman–Crippen LogP) is 0.914. The molecule has 1 aromatic heterocycles. The molecule has 1 aliphatic rings. The van der Waals surface area contributed by atoms with Crippen LogP contribution in [0.2, 0.25) is 0 Å². The molecule has 0 spiro atoms. The molecule has 1 saturated heterocycles. The number of carbonyl (C=O) groups excluding carboxylic acids is 3. The summed E-state index contributed by atoms with van der Waals surface area (Å²) < 4.78 is 1.02. The number of fused-ring (bicyclic) bond motifs is 1. The van der Waals surface area contributed by atoms with E-state index >= 15 is 0 Å². The van der Waals surface area contributed by atoms with Crippen LogP contribution < -0.4 is 21.7 Å². The van der Waals surface area contributed by atoms with Gasteiger partial charge in [-0.15, -0.1) is 11.8 Å². The Balaban J connectivity index is 1.52. The van der Waals surface area contributed by atoms with E-state index in [9.17, 15) is 14.4 Å². The maximum Gasteiger partial charge on any atom is 0.236 e. The molecule has 26 heavy (non-hydrogen) atoms. The first-order valence-electron chi connectivity index (χ1n) is 8.01. The number of nitrogens with two attached hydrogens (primary N) is 1. The SMILES string of the molecule is Cc1ccc2nc(NC(=O)CSC3NC(=O)CC(CC(N)=O)N3)sc2c1. The van der Waals surface area contributed by atoms with Gasteiger partial charge in [0.25, 0.3) is 0 Å². The number of hydrogen-bond donors (Lipinski definition) is 4. The lowest BCUT2D eigenvalue weighted by Gasteiger charge is -2.30. The number of aromatic nitrogens is 1. The van der Waals surface area contributed by atoms with Gasteiger partial charge in [0.05, 0.1) is 16.0 Å². The molecule has 0 bridgehead atoms. The van der Waals surface area contributed by atoms with Crippen LogP contribution in [0.1, 0.15) is 18.4 Å². The molecule has 2 heterocycles. The molecule has 1 aliphatic heterocycles. The first kappa shape index (κ1) is 18.6. The quantitative estimate of drug-likeness (QED) is 0.578. The molecule has 138 valence electrons. The van der Waals surface area contributed by atoms with Crippen LogP contribution in [0.15, 0.2) is 18.2 Å². The van der Waals surface area contributed by atoms with Crippen LogP contribution >= 0.6 is 23.1 Å². The Bertz CT molecular complexity index is 852. The van der Waals surface area contributed by atoms with Crippen LogP contribution in [0.5, 0.6) is 0 Å². The lowest BCUT2D eigenvalue weighted by atomic mass is 10.1. The third-order valence-corrected chi connectivity index (χ3v) is 5.68. The van der Waals surface area contributed by atoms with Crippen molar-refractivity contribution in [3.8, 4) is 0 Å². The average Bonchev–Trinajstić information content (AvgIpc) is 2.93. The minimum atomic E-state index is -0.468. The lowest BCUT2D eigenvalue weighted by molar-refractivity contribution is -0.124. The molecule has 2 atom stereocenters. The van der Waals surface area contributed by atoms with E-state index < -0.39 is 11.4 Å². The standard InChI is InChI=1S/C16H19N5O3S2/c1-8-2-3-10-11(4-8)26-16(19-10)21-14(24)7-25-15-18-9(5-12(17)22)6-13(23)20-15/h2-4,9,15,18H,5-7H2,1H3,(H2,17,22)(H,20,23)(H,19,21,24). The van der Waals surface area contributed by atoms with Crippen molar-refractivity contribution in [3.05, 3.63) is 23.8 Å². The Kier molecular flexibility index (Phi) is 5.74. The van der Waals surface area contributed by atoms with Crippen molar-refractivity contribution >= 4 is 56.2 Å². The van der Waals surface area contributed by atoms with Crippen LogP contribution in [0.25, 0.3) is 10.2 Å².